The van der Waals surface area contributed by atoms with Crippen molar-refractivity contribution in [3.05, 3.63) is 0 Å². The topological polar surface area (TPSA) is 58.6 Å². The molecule has 0 aromatic carbocycles. The number of hydrogen-bond acceptors (Lipinski definition) is 7. The first-order valence-corrected chi connectivity index (χ1v) is 5.84. The lowest BCUT2D eigenvalue weighted by molar-refractivity contribution is -0.447. The summed E-state index contributed by atoms with van der Waals surface area (Å²) in [4.78, 5) is 10.8. The standard InChI is InChI=1S/C11H25NO6/c1-9(13-4)16-8-7-12(17-10(2)14-5)18-11(3)15-6/h9-11H,7-8H2,1-6H3. The largest absolute Gasteiger partial charge is 0.356 e. The molecule has 0 aliphatic heterocycles. The van der Waals surface area contributed by atoms with Crippen molar-refractivity contribution in [1.29, 1.82) is 0 Å². The summed E-state index contributed by atoms with van der Waals surface area (Å²) in [6, 6.07) is 0. The van der Waals surface area contributed by atoms with Gasteiger partial charge in [-0.25, -0.2) is 9.68 Å². The average molecular weight is 267 g/mol. The van der Waals surface area contributed by atoms with E-state index in [9.17, 15) is 0 Å². The minimum Gasteiger partial charge on any atom is -0.356 e. The molecule has 0 saturated carbocycles. The third-order valence-electron chi connectivity index (χ3n) is 2.15. The summed E-state index contributed by atoms with van der Waals surface area (Å²) in [5.41, 5.74) is 0. The Labute approximate surface area is 109 Å². The lowest BCUT2D eigenvalue weighted by Gasteiger charge is -2.26. The van der Waals surface area contributed by atoms with Gasteiger partial charge in [-0.05, 0) is 20.8 Å². The first-order valence-electron chi connectivity index (χ1n) is 5.84. The van der Waals surface area contributed by atoms with Gasteiger partial charge in [0, 0.05) is 21.3 Å². The molecule has 18 heavy (non-hydrogen) atoms. The molecule has 0 radical (unpaired) electrons. The van der Waals surface area contributed by atoms with Crippen molar-refractivity contribution in [3.63, 3.8) is 0 Å². The summed E-state index contributed by atoms with van der Waals surface area (Å²) in [5.74, 6) is 0. The highest BCUT2D eigenvalue weighted by molar-refractivity contribution is 4.37. The molecular formula is C11H25NO6. The van der Waals surface area contributed by atoms with E-state index >= 15 is 0 Å². The zero-order valence-electron chi connectivity index (χ0n) is 12.0. The normalized spacial score (nSPS) is 16.8. The fourth-order valence-corrected chi connectivity index (χ4v) is 0.909. The number of hydroxylamine groups is 2. The molecular weight excluding hydrogens is 242 g/mol. The molecule has 0 rings (SSSR count). The molecule has 0 aliphatic rings. The fraction of sp³-hybridized carbons (Fsp3) is 1.00. The van der Waals surface area contributed by atoms with Crippen LogP contribution in [0.3, 0.4) is 0 Å². The minimum atomic E-state index is -0.422. The predicted octanol–water partition coefficient (Wildman–Crippen LogP) is 1.15. The predicted molar refractivity (Wildman–Crippen MR) is 64.2 cm³/mol. The molecule has 0 aromatic heterocycles. The van der Waals surface area contributed by atoms with Gasteiger partial charge < -0.3 is 18.9 Å². The van der Waals surface area contributed by atoms with Crippen molar-refractivity contribution in [1.82, 2.24) is 5.23 Å². The van der Waals surface area contributed by atoms with E-state index in [0.717, 1.165) is 0 Å². The van der Waals surface area contributed by atoms with Crippen LogP contribution in [-0.2, 0) is 28.6 Å². The van der Waals surface area contributed by atoms with Crippen LogP contribution in [0.2, 0.25) is 0 Å². The van der Waals surface area contributed by atoms with Crippen LogP contribution in [0.5, 0.6) is 0 Å². The zero-order chi connectivity index (χ0) is 14.0. The number of hydrogen-bond donors (Lipinski definition) is 0. The highest BCUT2D eigenvalue weighted by Crippen LogP contribution is 2.04. The quantitative estimate of drug-likeness (QED) is 0.411. The molecule has 7 heteroatoms. The van der Waals surface area contributed by atoms with Gasteiger partial charge in [-0.2, -0.15) is 0 Å². The Morgan fingerprint density at radius 2 is 1.22 bits per heavy atom. The van der Waals surface area contributed by atoms with Gasteiger partial charge >= 0.3 is 0 Å². The van der Waals surface area contributed by atoms with E-state index < -0.39 is 12.6 Å². The van der Waals surface area contributed by atoms with Gasteiger partial charge in [-0.1, -0.05) is 5.23 Å². The molecule has 0 fully saturated rings. The summed E-state index contributed by atoms with van der Waals surface area (Å²) in [6.07, 6.45) is -1.12. The smallest absolute Gasteiger partial charge is 0.176 e. The first-order chi connectivity index (χ1) is 8.53. The summed E-state index contributed by atoms with van der Waals surface area (Å²) in [7, 11) is 4.67. The van der Waals surface area contributed by atoms with Gasteiger partial charge in [0.1, 0.15) is 0 Å². The summed E-state index contributed by atoms with van der Waals surface area (Å²) < 4.78 is 20.3. The van der Waals surface area contributed by atoms with Crippen LogP contribution in [0, 0.1) is 0 Å². The van der Waals surface area contributed by atoms with Gasteiger partial charge in [-0.3, -0.25) is 0 Å². The maximum absolute atomic E-state index is 5.38. The summed E-state index contributed by atoms with van der Waals surface area (Å²) in [5, 5.41) is 1.28. The Morgan fingerprint density at radius 3 is 1.61 bits per heavy atom. The monoisotopic (exact) mass is 267 g/mol. The van der Waals surface area contributed by atoms with Gasteiger partial charge in [0.2, 0.25) is 0 Å². The number of methoxy groups -OCH3 is 3. The molecule has 110 valence electrons. The maximum atomic E-state index is 5.38. The first kappa shape index (κ1) is 17.7. The Balaban J connectivity index is 4.03. The van der Waals surface area contributed by atoms with Gasteiger partial charge in [0.05, 0.1) is 13.2 Å². The number of ether oxygens (including phenoxy) is 4. The SMILES string of the molecule is COC(C)OCCN(OC(C)OC)OC(C)OC. The third-order valence-corrected chi connectivity index (χ3v) is 2.15. The molecule has 0 N–H and O–H groups in total. The van der Waals surface area contributed by atoms with Crippen molar-refractivity contribution in [2.75, 3.05) is 34.5 Å². The Hall–Kier alpha value is -0.280. The van der Waals surface area contributed by atoms with Crippen molar-refractivity contribution in [2.24, 2.45) is 0 Å². The van der Waals surface area contributed by atoms with Crippen LogP contribution < -0.4 is 0 Å². The van der Waals surface area contributed by atoms with Crippen molar-refractivity contribution in [2.45, 2.75) is 39.6 Å². The van der Waals surface area contributed by atoms with E-state index in [1.165, 1.54) is 5.23 Å². The second kappa shape index (κ2) is 10.6. The van der Waals surface area contributed by atoms with Crippen LogP contribution in [0.4, 0.5) is 0 Å². The van der Waals surface area contributed by atoms with Crippen LogP contribution in [0.15, 0.2) is 0 Å². The van der Waals surface area contributed by atoms with Gasteiger partial charge in [0.25, 0.3) is 0 Å². The fourth-order valence-electron chi connectivity index (χ4n) is 0.909. The van der Waals surface area contributed by atoms with Crippen LogP contribution in [0.25, 0.3) is 0 Å². The van der Waals surface area contributed by atoms with E-state index in [0.29, 0.717) is 13.2 Å². The van der Waals surface area contributed by atoms with Crippen molar-refractivity contribution >= 4 is 0 Å². The number of nitrogens with zero attached hydrogens (tertiary/aromatic N) is 1. The molecule has 0 amide bonds. The van der Waals surface area contributed by atoms with E-state index in [1.54, 1.807) is 35.2 Å². The van der Waals surface area contributed by atoms with Crippen LogP contribution in [0.1, 0.15) is 20.8 Å². The lowest BCUT2D eigenvalue weighted by atomic mass is 10.7. The van der Waals surface area contributed by atoms with E-state index in [-0.39, 0.29) is 6.29 Å². The molecule has 0 bridgehead atoms. The molecule has 0 spiro atoms. The van der Waals surface area contributed by atoms with Crippen LogP contribution in [-0.4, -0.2) is 58.6 Å². The molecule has 3 atom stereocenters. The Bertz CT molecular complexity index is 182. The van der Waals surface area contributed by atoms with Gasteiger partial charge in [-0.15, -0.1) is 0 Å². The Morgan fingerprint density at radius 1 is 0.778 bits per heavy atom. The molecule has 3 unspecified atom stereocenters. The van der Waals surface area contributed by atoms with Crippen molar-refractivity contribution < 1.29 is 28.6 Å². The number of rotatable bonds is 11. The third kappa shape index (κ3) is 8.76. The van der Waals surface area contributed by atoms with Crippen LogP contribution >= 0.6 is 0 Å². The molecule has 0 saturated heterocycles. The molecule has 0 aromatic rings. The lowest BCUT2D eigenvalue weighted by Crippen LogP contribution is -2.36. The highest BCUT2D eigenvalue weighted by Gasteiger charge is 2.15. The maximum Gasteiger partial charge on any atom is 0.176 e. The van der Waals surface area contributed by atoms with E-state index in [1.807, 2.05) is 6.92 Å². The molecule has 7 nitrogen and oxygen atoms in total. The summed E-state index contributed by atoms with van der Waals surface area (Å²) >= 11 is 0. The Kier molecular flexibility index (Phi) is 10.5. The van der Waals surface area contributed by atoms with Crippen molar-refractivity contribution in [3.8, 4) is 0 Å². The van der Waals surface area contributed by atoms with Gasteiger partial charge in [0.15, 0.2) is 18.9 Å². The molecule has 0 heterocycles. The zero-order valence-corrected chi connectivity index (χ0v) is 12.0. The molecule has 0 aliphatic carbocycles. The highest BCUT2D eigenvalue weighted by atomic mass is 17.0. The second-order valence-corrected chi connectivity index (χ2v) is 3.55. The average Bonchev–Trinajstić information content (AvgIpc) is 2.37. The second-order valence-electron chi connectivity index (χ2n) is 3.55. The van der Waals surface area contributed by atoms with E-state index in [2.05, 4.69) is 0 Å². The minimum absolute atomic E-state index is 0.272. The summed E-state index contributed by atoms with van der Waals surface area (Å²) in [6.45, 7) is 6.11. The van der Waals surface area contributed by atoms with E-state index in [4.69, 9.17) is 28.6 Å².